The molecule has 0 atom stereocenters. The molecule has 0 spiro atoms. The van der Waals surface area contributed by atoms with Crippen molar-refractivity contribution in [2.45, 2.75) is 0 Å². The second-order valence-electron chi connectivity index (χ2n) is 5.60. The van der Waals surface area contributed by atoms with E-state index in [-0.39, 0.29) is 0 Å². The molecule has 0 aliphatic heterocycles. The van der Waals surface area contributed by atoms with Gasteiger partial charge in [-0.3, -0.25) is 0 Å². The molecule has 0 unspecified atom stereocenters. The number of hydrogen-bond donors (Lipinski definition) is 1. The molecule has 0 amide bonds. The quantitative estimate of drug-likeness (QED) is 0.533. The molecule has 0 bridgehead atoms. The van der Waals surface area contributed by atoms with Crippen molar-refractivity contribution in [3.8, 4) is 21.9 Å². The molecule has 0 aliphatic rings. The maximum atomic E-state index is 5.45. The maximum absolute atomic E-state index is 5.45. The van der Waals surface area contributed by atoms with E-state index < -0.39 is 0 Å². The lowest BCUT2D eigenvalue weighted by molar-refractivity contribution is 0.405. The minimum Gasteiger partial charge on any atom is -0.497 e. The Balaban J connectivity index is 1.77. The van der Waals surface area contributed by atoms with Gasteiger partial charge in [0.25, 0.3) is 0 Å². The van der Waals surface area contributed by atoms with Crippen LogP contribution < -0.4 is 14.8 Å². The Morgan fingerprint density at radius 2 is 1.77 bits per heavy atom. The van der Waals surface area contributed by atoms with E-state index in [1.165, 1.54) is 5.56 Å². The summed E-state index contributed by atoms with van der Waals surface area (Å²) in [5.74, 6) is 2.21. The van der Waals surface area contributed by atoms with Crippen LogP contribution >= 0.6 is 11.3 Å². The first kappa shape index (κ1) is 16.4. The standard InChI is InChI=1S/C20H17N3O2S/c1-24-14-8-9-17(25-2)15(10-14)23-20-19-16(21-12-22-20)11-18(26-19)13-6-4-3-5-7-13/h3-12H,1-2H3,(H,21,22,23). The van der Waals surface area contributed by atoms with Crippen LogP contribution in [0.1, 0.15) is 0 Å². The summed E-state index contributed by atoms with van der Waals surface area (Å²) in [5.41, 5.74) is 2.87. The van der Waals surface area contributed by atoms with Crippen molar-refractivity contribution in [1.82, 2.24) is 9.97 Å². The second-order valence-corrected chi connectivity index (χ2v) is 6.66. The highest BCUT2D eigenvalue weighted by atomic mass is 32.1. The number of thiophene rings is 1. The molecular weight excluding hydrogens is 346 g/mol. The van der Waals surface area contributed by atoms with E-state index in [0.29, 0.717) is 0 Å². The van der Waals surface area contributed by atoms with E-state index in [9.17, 15) is 0 Å². The van der Waals surface area contributed by atoms with Crippen LogP contribution in [0.3, 0.4) is 0 Å². The van der Waals surface area contributed by atoms with E-state index >= 15 is 0 Å². The van der Waals surface area contributed by atoms with Gasteiger partial charge in [0, 0.05) is 10.9 Å². The summed E-state index contributed by atoms with van der Waals surface area (Å²) in [6, 6.07) is 18.0. The Bertz CT molecular complexity index is 1050. The van der Waals surface area contributed by atoms with Crippen LogP contribution in [0.4, 0.5) is 11.5 Å². The summed E-state index contributed by atoms with van der Waals surface area (Å²) < 4.78 is 11.8. The first-order valence-electron chi connectivity index (χ1n) is 8.07. The van der Waals surface area contributed by atoms with Crippen LogP contribution in [0.5, 0.6) is 11.5 Å². The molecule has 0 saturated carbocycles. The molecule has 4 aromatic rings. The van der Waals surface area contributed by atoms with Gasteiger partial charge >= 0.3 is 0 Å². The first-order valence-corrected chi connectivity index (χ1v) is 8.89. The van der Waals surface area contributed by atoms with Crippen molar-refractivity contribution in [3.05, 3.63) is 60.9 Å². The summed E-state index contributed by atoms with van der Waals surface area (Å²) in [6.45, 7) is 0. The fraction of sp³-hybridized carbons (Fsp3) is 0.100. The Morgan fingerprint density at radius 1 is 0.923 bits per heavy atom. The van der Waals surface area contributed by atoms with Crippen LogP contribution in [-0.2, 0) is 0 Å². The lowest BCUT2D eigenvalue weighted by Gasteiger charge is -2.12. The average molecular weight is 363 g/mol. The predicted octanol–water partition coefficient (Wildman–Crippen LogP) is 5.12. The monoisotopic (exact) mass is 363 g/mol. The lowest BCUT2D eigenvalue weighted by atomic mass is 10.2. The molecule has 0 radical (unpaired) electrons. The van der Waals surface area contributed by atoms with Crippen molar-refractivity contribution in [2.75, 3.05) is 19.5 Å². The molecular formula is C20H17N3O2S. The highest BCUT2D eigenvalue weighted by Crippen LogP contribution is 2.38. The van der Waals surface area contributed by atoms with Crippen molar-refractivity contribution >= 4 is 33.1 Å². The van der Waals surface area contributed by atoms with Crippen molar-refractivity contribution in [3.63, 3.8) is 0 Å². The third-order valence-corrected chi connectivity index (χ3v) is 5.21. The molecule has 2 heterocycles. The molecule has 1 N–H and O–H groups in total. The number of benzene rings is 2. The fourth-order valence-electron chi connectivity index (χ4n) is 2.73. The zero-order chi connectivity index (χ0) is 17.9. The topological polar surface area (TPSA) is 56.3 Å². The smallest absolute Gasteiger partial charge is 0.151 e. The van der Waals surface area contributed by atoms with Gasteiger partial charge in [-0.05, 0) is 23.8 Å². The lowest BCUT2D eigenvalue weighted by Crippen LogP contribution is -1.98. The third-order valence-electron chi connectivity index (χ3n) is 4.03. The largest absolute Gasteiger partial charge is 0.497 e. The Labute approximate surface area is 155 Å². The first-order chi connectivity index (χ1) is 12.8. The Kier molecular flexibility index (Phi) is 4.41. The highest BCUT2D eigenvalue weighted by Gasteiger charge is 2.13. The maximum Gasteiger partial charge on any atom is 0.151 e. The van der Waals surface area contributed by atoms with Gasteiger partial charge in [-0.2, -0.15) is 0 Å². The van der Waals surface area contributed by atoms with Crippen LogP contribution in [-0.4, -0.2) is 24.2 Å². The molecule has 2 aromatic carbocycles. The number of nitrogens with zero attached hydrogens (tertiary/aromatic N) is 2. The third kappa shape index (κ3) is 3.07. The Hall–Kier alpha value is -3.12. The van der Waals surface area contributed by atoms with Crippen LogP contribution in [0.25, 0.3) is 20.7 Å². The summed E-state index contributed by atoms with van der Waals surface area (Å²) >= 11 is 1.66. The van der Waals surface area contributed by atoms with Gasteiger partial charge in [-0.1, -0.05) is 30.3 Å². The summed E-state index contributed by atoms with van der Waals surface area (Å²) in [5, 5.41) is 3.36. The number of nitrogens with one attached hydrogen (secondary N) is 1. The van der Waals surface area contributed by atoms with Gasteiger partial charge in [0.2, 0.25) is 0 Å². The highest BCUT2D eigenvalue weighted by molar-refractivity contribution is 7.22. The minimum absolute atomic E-state index is 0.720. The number of fused-ring (bicyclic) bond motifs is 1. The van der Waals surface area contributed by atoms with E-state index in [0.717, 1.165) is 38.1 Å². The van der Waals surface area contributed by atoms with Crippen LogP contribution in [0.15, 0.2) is 60.9 Å². The number of methoxy groups -OCH3 is 2. The number of aromatic nitrogens is 2. The van der Waals surface area contributed by atoms with E-state index in [1.807, 2.05) is 36.4 Å². The molecule has 26 heavy (non-hydrogen) atoms. The second kappa shape index (κ2) is 7.01. The number of anilines is 2. The van der Waals surface area contributed by atoms with Gasteiger partial charge in [0.1, 0.15) is 17.8 Å². The van der Waals surface area contributed by atoms with Crippen molar-refractivity contribution in [1.29, 1.82) is 0 Å². The fourth-order valence-corrected chi connectivity index (χ4v) is 3.79. The molecule has 5 nitrogen and oxygen atoms in total. The number of rotatable bonds is 5. The van der Waals surface area contributed by atoms with Gasteiger partial charge < -0.3 is 14.8 Å². The van der Waals surface area contributed by atoms with E-state index in [2.05, 4.69) is 33.5 Å². The summed E-state index contributed by atoms with van der Waals surface area (Å²) in [4.78, 5) is 10.00. The van der Waals surface area contributed by atoms with Gasteiger partial charge in [0.05, 0.1) is 30.1 Å². The SMILES string of the molecule is COc1ccc(OC)c(Nc2ncnc3cc(-c4ccccc4)sc23)c1. The van der Waals surface area contributed by atoms with Crippen molar-refractivity contribution in [2.24, 2.45) is 0 Å². The number of ether oxygens (including phenoxy) is 2. The molecule has 0 saturated heterocycles. The van der Waals surface area contributed by atoms with Crippen molar-refractivity contribution < 1.29 is 9.47 Å². The van der Waals surface area contributed by atoms with E-state index in [4.69, 9.17) is 9.47 Å². The van der Waals surface area contributed by atoms with E-state index in [1.54, 1.807) is 31.9 Å². The van der Waals surface area contributed by atoms with Crippen LogP contribution in [0.2, 0.25) is 0 Å². The molecule has 0 fully saturated rings. The normalized spacial score (nSPS) is 10.7. The Morgan fingerprint density at radius 3 is 2.54 bits per heavy atom. The molecule has 0 aliphatic carbocycles. The van der Waals surface area contributed by atoms with Gasteiger partial charge in [0.15, 0.2) is 5.82 Å². The zero-order valence-corrected chi connectivity index (χ0v) is 15.2. The summed E-state index contributed by atoms with van der Waals surface area (Å²) in [6.07, 6.45) is 1.57. The average Bonchev–Trinajstić information content (AvgIpc) is 3.14. The molecule has 4 rings (SSSR count). The predicted molar refractivity (Wildman–Crippen MR) is 106 cm³/mol. The molecule has 130 valence electrons. The number of hydrogen-bond acceptors (Lipinski definition) is 6. The van der Waals surface area contributed by atoms with Crippen LogP contribution in [0, 0.1) is 0 Å². The molecule has 6 heteroatoms. The minimum atomic E-state index is 0.720. The van der Waals surface area contributed by atoms with Gasteiger partial charge in [-0.25, -0.2) is 9.97 Å². The summed E-state index contributed by atoms with van der Waals surface area (Å²) in [7, 11) is 3.28. The molecule has 2 aromatic heterocycles. The van der Waals surface area contributed by atoms with Gasteiger partial charge in [-0.15, -0.1) is 11.3 Å². The zero-order valence-electron chi connectivity index (χ0n) is 14.4.